The number of fused-ring (bicyclic) bond motifs is 1. The number of aliphatic carboxylic acids is 1. The molecule has 138 valence electrons. The third-order valence-corrected chi connectivity index (χ3v) is 6.05. The number of hydrogen-bond donors (Lipinski definition) is 1. The molecule has 2 aliphatic heterocycles. The van der Waals surface area contributed by atoms with Gasteiger partial charge in [0, 0.05) is 32.1 Å². The molecule has 2 atom stereocenters. The van der Waals surface area contributed by atoms with Crippen LogP contribution >= 0.6 is 0 Å². The second-order valence-corrected chi connectivity index (χ2v) is 8.25. The highest BCUT2D eigenvalue weighted by molar-refractivity contribution is 7.91. The van der Waals surface area contributed by atoms with Gasteiger partial charge in [-0.25, -0.2) is 8.42 Å². The third-order valence-electron chi connectivity index (χ3n) is 4.35. The van der Waals surface area contributed by atoms with E-state index in [0.717, 1.165) is 0 Å². The Morgan fingerprint density at radius 2 is 1.71 bits per heavy atom. The summed E-state index contributed by atoms with van der Waals surface area (Å²) < 4.78 is 60.7. The van der Waals surface area contributed by atoms with Crippen molar-refractivity contribution in [2.75, 3.05) is 31.1 Å². The molecule has 0 bridgehead atoms. The molecule has 11 heteroatoms. The van der Waals surface area contributed by atoms with Crippen LogP contribution in [0.4, 0.5) is 13.2 Å². The molecular formula is C13H19F3N2O5S. The summed E-state index contributed by atoms with van der Waals surface area (Å²) in [5.41, 5.74) is 0. The van der Waals surface area contributed by atoms with Crippen LogP contribution in [0.1, 0.15) is 19.3 Å². The number of nitrogens with zero attached hydrogens (tertiary/aromatic N) is 2. The van der Waals surface area contributed by atoms with Crippen molar-refractivity contribution < 1.29 is 36.3 Å². The Bertz CT molecular complexity index is 607. The van der Waals surface area contributed by atoms with Crippen molar-refractivity contribution in [3.8, 4) is 0 Å². The van der Waals surface area contributed by atoms with Gasteiger partial charge >= 0.3 is 12.1 Å². The first-order valence-corrected chi connectivity index (χ1v) is 9.33. The van der Waals surface area contributed by atoms with Crippen molar-refractivity contribution in [1.29, 1.82) is 0 Å². The van der Waals surface area contributed by atoms with Gasteiger partial charge < -0.3 is 10.0 Å². The second kappa shape index (κ2) is 6.87. The molecule has 24 heavy (non-hydrogen) atoms. The fourth-order valence-electron chi connectivity index (χ4n) is 3.24. The molecule has 7 nitrogen and oxygen atoms in total. The van der Waals surface area contributed by atoms with E-state index in [1.165, 1.54) is 4.90 Å². The largest absolute Gasteiger partial charge is 0.481 e. The van der Waals surface area contributed by atoms with E-state index in [2.05, 4.69) is 0 Å². The summed E-state index contributed by atoms with van der Waals surface area (Å²) in [6, 6.07) is -1.27. The van der Waals surface area contributed by atoms with Crippen LogP contribution in [0.15, 0.2) is 0 Å². The Morgan fingerprint density at radius 3 is 2.29 bits per heavy atom. The quantitative estimate of drug-likeness (QED) is 0.736. The Balaban J connectivity index is 2.08. The standard InChI is InChI=1S/C13H19F3N2O5S/c14-13(15,16)3-1-11(19)18-6-5-17(4-2-12(20)21)9-7-24(22,23)8-10(9)18/h9-10H,1-8H2,(H,20,21). The molecule has 2 unspecified atom stereocenters. The Hall–Kier alpha value is -1.36. The van der Waals surface area contributed by atoms with Gasteiger partial charge in [0.15, 0.2) is 9.84 Å². The van der Waals surface area contributed by atoms with Crippen LogP contribution in [0.25, 0.3) is 0 Å². The summed E-state index contributed by atoms with van der Waals surface area (Å²) in [5.74, 6) is -2.23. The lowest BCUT2D eigenvalue weighted by atomic mass is 10.0. The van der Waals surface area contributed by atoms with Crippen LogP contribution in [-0.4, -0.2) is 84.6 Å². The molecule has 0 aliphatic carbocycles. The van der Waals surface area contributed by atoms with E-state index in [9.17, 15) is 31.2 Å². The average Bonchev–Trinajstić information content (AvgIpc) is 2.76. The van der Waals surface area contributed by atoms with Crippen molar-refractivity contribution in [3.05, 3.63) is 0 Å². The summed E-state index contributed by atoms with van der Waals surface area (Å²) in [6.45, 7) is 0.505. The third kappa shape index (κ3) is 4.82. The average molecular weight is 372 g/mol. The highest BCUT2D eigenvalue weighted by Gasteiger charge is 2.48. The predicted octanol–water partition coefficient (Wildman–Crippen LogP) is 0.113. The molecule has 0 aromatic carbocycles. The van der Waals surface area contributed by atoms with Crippen LogP contribution in [0.2, 0.25) is 0 Å². The van der Waals surface area contributed by atoms with Crippen LogP contribution < -0.4 is 0 Å². The highest BCUT2D eigenvalue weighted by atomic mass is 32.2. The van der Waals surface area contributed by atoms with Gasteiger partial charge in [-0.1, -0.05) is 0 Å². The van der Waals surface area contributed by atoms with Gasteiger partial charge in [0.05, 0.1) is 30.4 Å². The number of hydrogen-bond acceptors (Lipinski definition) is 5. The van der Waals surface area contributed by atoms with Gasteiger partial charge in [-0.3, -0.25) is 14.5 Å². The van der Waals surface area contributed by atoms with Gasteiger partial charge in [0.1, 0.15) is 0 Å². The highest BCUT2D eigenvalue weighted by Crippen LogP contribution is 2.29. The van der Waals surface area contributed by atoms with Crippen LogP contribution in [0.3, 0.4) is 0 Å². The van der Waals surface area contributed by atoms with Gasteiger partial charge in [0.25, 0.3) is 0 Å². The number of carboxylic acid groups (broad SMARTS) is 1. The maximum atomic E-state index is 12.3. The lowest BCUT2D eigenvalue weighted by Gasteiger charge is -2.43. The molecule has 2 aliphatic rings. The maximum absolute atomic E-state index is 12.3. The van der Waals surface area contributed by atoms with Gasteiger partial charge in [-0.15, -0.1) is 0 Å². The molecule has 2 fully saturated rings. The Kier molecular flexibility index (Phi) is 5.43. The van der Waals surface area contributed by atoms with Crippen molar-refractivity contribution in [2.45, 2.75) is 37.5 Å². The van der Waals surface area contributed by atoms with E-state index < -0.39 is 52.8 Å². The molecule has 2 saturated heterocycles. The van der Waals surface area contributed by atoms with E-state index in [-0.39, 0.29) is 37.6 Å². The molecule has 0 aromatic rings. The lowest BCUT2D eigenvalue weighted by molar-refractivity contribution is -0.152. The van der Waals surface area contributed by atoms with Crippen LogP contribution in [0.5, 0.6) is 0 Å². The van der Waals surface area contributed by atoms with E-state index >= 15 is 0 Å². The first-order chi connectivity index (χ1) is 11.0. The fourth-order valence-corrected chi connectivity index (χ4v) is 5.26. The number of sulfone groups is 1. The molecule has 0 radical (unpaired) electrons. The number of halogens is 3. The van der Waals surface area contributed by atoms with E-state index in [4.69, 9.17) is 5.11 Å². The smallest absolute Gasteiger partial charge is 0.389 e. The first-order valence-electron chi connectivity index (χ1n) is 7.51. The molecule has 0 saturated carbocycles. The Labute approximate surface area is 137 Å². The van der Waals surface area contributed by atoms with Crippen molar-refractivity contribution in [2.24, 2.45) is 0 Å². The summed E-state index contributed by atoms with van der Waals surface area (Å²) in [7, 11) is -3.42. The molecular weight excluding hydrogens is 353 g/mol. The predicted molar refractivity (Wildman–Crippen MR) is 77.1 cm³/mol. The Morgan fingerprint density at radius 1 is 1.08 bits per heavy atom. The lowest BCUT2D eigenvalue weighted by Crippen LogP contribution is -2.60. The summed E-state index contributed by atoms with van der Waals surface area (Å²) in [4.78, 5) is 25.7. The van der Waals surface area contributed by atoms with Crippen LogP contribution in [-0.2, 0) is 19.4 Å². The summed E-state index contributed by atoms with van der Waals surface area (Å²) in [6.07, 6.45) is -6.55. The van der Waals surface area contributed by atoms with Crippen molar-refractivity contribution in [1.82, 2.24) is 9.80 Å². The minimum Gasteiger partial charge on any atom is -0.481 e. The molecule has 2 heterocycles. The zero-order valence-corrected chi connectivity index (χ0v) is 13.6. The number of carbonyl (C=O) groups is 2. The monoisotopic (exact) mass is 372 g/mol. The molecule has 1 amide bonds. The SMILES string of the molecule is O=C(O)CCN1CCN(C(=O)CCC(F)(F)F)C2CS(=O)(=O)CC21. The number of rotatable bonds is 5. The first kappa shape index (κ1) is 19.0. The summed E-state index contributed by atoms with van der Waals surface area (Å²) in [5, 5.41) is 8.76. The van der Waals surface area contributed by atoms with Gasteiger partial charge in [-0.2, -0.15) is 13.2 Å². The zero-order chi connectivity index (χ0) is 18.1. The van der Waals surface area contributed by atoms with E-state index in [1.807, 2.05) is 0 Å². The van der Waals surface area contributed by atoms with Gasteiger partial charge in [-0.05, 0) is 0 Å². The topological polar surface area (TPSA) is 95.0 Å². The van der Waals surface area contributed by atoms with E-state index in [0.29, 0.717) is 0 Å². The zero-order valence-electron chi connectivity index (χ0n) is 12.8. The molecule has 1 N–H and O–H groups in total. The number of piperazine rings is 1. The normalized spacial score (nSPS) is 27.0. The number of carboxylic acids is 1. The summed E-state index contributed by atoms with van der Waals surface area (Å²) >= 11 is 0. The number of amides is 1. The number of carbonyl (C=O) groups excluding carboxylic acids is 1. The molecule has 0 aromatic heterocycles. The van der Waals surface area contributed by atoms with E-state index in [1.54, 1.807) is 4.90 Å². The molecule has 0 spiro atoms. The van der Waals surface area contributed by atoms with Crippen LogP contribution in [0, 0.1) is 0 Å². The maximum Gasteiger partial charge on any atom is 0.389 e. The molecule has 2 rings (SSSR count). The van der Waals surface area contributed by atoms with Crippen molar-refractivity contribution >= 4 is 21.7 Å². The van der Waals surface area contributed by atoms with Gasteiger partial charge in [0.2, 0.25) is 5.91 Å². The fraction of sp³-hybridized carbons (Fsp3) is 0.846. The second-order valence-electron chi connectivity index (χ2n) is 6.09. The van der Waals surface area contributed by atoms with Crippen molar-refractivity contribution in [3.63, 3.8) is 0 Å². The minimum atomic E-state index is -4.44. The minimum absolute atomic E-state index is 0.104. The number of alkyl halides is 3.